The van der Waals surface area contributed by atoms with Crippen LogP contribution in [0, 0.1) is 5.41 Å². The summed E-state index contributed by atoms with van der Waals surface area (Å²) in [7, 11) is -3.08. The second-order valence-electron chi connectivity index (χ2n) is 7.67. The number of piperazine rings is 1. The van der Waals surface area contributed by atoms with E-state index in [-0.39, 0.29) is 17.4 Å². The Bertz CT molecular complexity index is 802. The lowest BCUT2D eigenvalue weighted by Gasteiger charge is -2.38. The lowest BCUT2D eigenvalue weighted by atomic mass is 9.89. The van der Waals surface area contributed by atoms with Gasteiger partial charge in [-0.05, 0) is 32.4 Å². The molecule has 0 spiro atoms. The zero-order chi connectivity index (χ0) is 19.7. The minimum atomic E-state index is -3.08. The Kier molecular flexibility index (Phi) is 5.41. The van der Waals surface area contributed by atoms with E-state index in [0.29, 0.717) is 32.6 Å². The summed E-state index contributed by atoms with van der Waals surface area (Å²) in [4.78, 5) is 33.7. The molecule has 1 atom stereocenters. The first-order valence-corrected chi connectivity index (χ1v) is 11.0. The third-order valence-corrected chi connectivity index (χ3v) is 6.98. The largest absolute Gasteiger partial charge is 0.353 e. The molecule has 0 aliphatic carbocycles. The van der Waals surface area contributed by atoms with Gasteiger partial charge in [0, 0.05) is 38.4 Å². The van der Waals surface area contributed by atoms with Gasteiger partial charge in [0.2, 0.25) is 11.8 Å². The van der Waals surface area contributed by atoms with Gasteiger partial charge in [-0.25, -0.2) is 13.4 Å². The van der Waals surface area contributed by atoms with Crippen LogP contribution in [0.15, 0.2) is 24.4 Å². The Morgan fingerprint density at radius 1 is 1.19 bits per heavy atom. The van der Waals surface area contributed by atoms with Gasteiger partial charge >= 0.3 is 0 Å². The Labute approximate surface area is 159 Å². The number of carbonyl (C=O) groups excluding carboxylic acids is 2. The zero-order valence-corrected chi connectivity index (χ0v) is 16.5. The molecule has 2 saturated heterocycles. The normalized spacial score (nSPS) is 22.5. The van der Waals surface area contributed by atoms with Crippen molar-refractivity contribution in [1.29, 1.82) is 0 Å². The van der Waals surface area contributed by atoms with Gasteiger partial charge in [-0.1, -0.05) is 6.07 Å². The van der Waals surface area contributed by atoms with Crippen molar-refractivity contribution >= 4 is 27.5 Å². The number of hydrogen-bond acceptors (Lipinski definition) is 6. The number of nitrogens with zero attached hydrogens (tertiary/aromatic N) is 3. The summed E-state index contributed by atoms with van der Waals surface area (Å²) < 4.78 is 23.1. The second kappa shape index (κ2) is 7.46. The molecule has 3 rings (SSSR count). The van der Waals surface area contributed by atoms with Crippen molar-refractivity contribution in [2.45, 2.75) is 26.3 Å². The van der Waals surface area contributed by atoms with Crippen molar-refractivity contribution < 1.29 is 18.0 Å². The molecule has 27 heavy (non-hydrogen) atoms. The Morgan fingerprint density at radius 2 is 1.89 bits per heavy atom. The minimum Gasteiger partial charge on any atom is -0.353 e. The maximum Gasteiger partial charge on any atom is 0.237 e. The van der Waals surface area contributed by atoms with Crippen molar-refractivity contribution in [2.75, 3.05) is 42.6 Å². The summed E-state index contributed by atoms with van der Waals surface area (Å²) in [6, 6.07) is 5.32. The maximum atomic E-state index is 12.9. The van der Waals surface area contributed by atoms with Crippen LogP contribution in [-0.2, 0) is 19.4 Å². The van der Waals surface area contributed by atoms with Gasteiger partial charge in [0.1, 0.15) is 11.2 Å². The first-order valence-electron chi connectivity index (χ1n) is 9.16. The number of anilines is 1. The molecule has 9 heteroatoms. The summed E-state index contributed by atoms with van der Waals surface area (Å²) in [6.07, 6.45) is 2.14. The van der Waals surface area contributed by atoms with Gasteiger partial charge in [0.05, 0.1) is 11.5 Å². The summed E-state index contributed by atoms with van der Waals surface area (Å²) in [6.45, 7) is 5.54. The van der Waals surface area contributed by atoms with Crippen LogP contribution in [0.2, 0.25) is 0 Å². The van der Waals surface area contributed by atoms with Crippen LogP contribution < -0.4 is 10.2 Å². The number of hydrogen-bond donors (Lipinski definition) is 1. The van der Waals surface area contributed by atoms with E-state index >= 15 is 0 Å². The molecule has 1 unspecified atom stereocenters. The average molecular weight is 394 g/mol. The predicted octanol–water partition coefficient (Wildman–Crippen LogP) is 0.0597. The quantitative estimate of drug-likeness (QED) is 0.725. The Hall–Kier alpha value is -2.16. The lowest BCUT2D eigenvalue weighted by Crippen LogP contribution is -2.56. The molecule has 2 aliphatic heterocycles. The molecule has 0 saturated carbocycles. The lowest BCUT2D eigenvalue weighted by molar-refractivity contribution is -0.149. The highest BCUT2D eigenvalue weighted by Crippen LogP contribution is 2.23. The number of pyridine rings is 1. The van der Waals surface area contributed by atoms with E-state index in [9.17, 15) is 18.0 Å². The third kappa shape index (κ3) is 4.40. The molecule has 0 bridgehead atoms. The SMILES string of the molecule is CC(C)(C(=O)NC1CCS(=O)(=O)C1)C(=O)N1CCN(c2ccccn2)CC1. The van der Waals surface area contributed by atoms with Crippen LogP contribution in [0.3, 0.4) is 0 Å². The average Bonchev–Trinajstić information content (AvgIpc) is 3.00. The molecule has 2 amide bonds. The summed E-state index contributed by atoms with van der Waals surface area (Å²) >= 11 is 0. The first-order chi connectivity index (χ1) is 12.7. The van der Waals surface area contributed by atoms with Gasteiger partial charge in [-0.2, -0.15) is 0 Å². The van der Waals surface area contributed by atoms with Gasteiger partial charge in [-0.15, -0.1) is 0 Å². The van der Waals surface area contributed by atoms with Crippen LogP contribution in [0.25, 0.3) is 0 Å². The third-order valence-electron chi connectivity index (χ3n) is 5.21. The van der Waals surface area contributed by atoms with Crippen LogP contribution in [-0.4, -0.2) is 73.8 Å². The first kappa shape index (κ1) is 19.6. The van der Waals surface area contributed by atoms with Crippen LogP contribution in [0.1, 0.15) is 20.3 Å². The molecule has 0 aromatic carbocycles. The smallest absolute Gasteiger partial charge is 0.237 e. The van der Waals surface area contributed by atoms with Crippen molar-refractivity contribution in [3.8, 4) is 0 Å². The molecule has 8 nitrogen and oxygen atoms in total. The molecule has 0 radical (unpaired) electrons. The molecule has 2 fully saturated rings. The topological polar surface area (TPSA) is 99.7 Å². The van der Waals surface area contributed by atoms with E-state index in [1.54, 1.807) is 24.9 Å². The van der Waals surface area contributed by atoms with Crippen LogP contribution in [0.4, 0.5) is 5.82 Å². The molecular weight excluding hydrogens is 368 g/mol. The second-order valence-corrected chi connectivity index (χ2v) is 9.89. The molecule has 3 heterocycles. The zero-order valence-electron chi connectivity index (χ0n) is 15.7. The number of amides is 2. The standard InChI is InChI=1S/C18H26N4O4S/c1-18(2,16(23)20-14-6-12-27(25,26)13-14)17(24)22-10-8-21(9-11-22)15-5-3-4-7-19-15/h3-5,7,14H,6,8-13H2,1-2H3,(H,20,23). The number of sulfone groups is 1. The highest BCUT2D eigenvalue weighted by atomic mass is 32.2. The van der Waals surface area contributed by atoms with Crippen LogP contribution >= 0.6 is 0 Å². The number of nitrogens with one attached hydrogen (secondary N) is 1. The van der Waals surface area contributed by atoms with E-state index in [2.05, 4.69) is 15.2 Å². The van der Waals surface area contributed by atoms with Crippen molar-refractivity contribution in [1.82, 2.24) is 15.2 Å². The molecule has 148 valence electrons. The minimum absolute atomic E-state index is 0.0498. The molecular formula is C18H26N4O4S. The molecule has 1 aromatic rings. The fourth-order valence-electron chi connectivity index (χ4n) is 3.45. The van der Waals surface area contributed by atoms with Gasteiger partial charge in [0.25, 0.3) is 0 Å². The van der Waals surface area contributed by atoms with Gasteiger partial charge in [-0.3, -0.25) is 9.59 Å². The van der Waals surface area contributed by atoms with Gasteiger partial charge < -0.3 is 15.1 Å². The number of carbonyl (C=O) groups is 2. The Balaban J connectivity index is 1.57. The van der Waals surface area contributed by atoms with Crippen molar-refractivity contribution in [3.63, 3.8) is 0 Å². The summed E-state index contributed by atoms with van der Waals surface area (Å²) in [5.74, 6) is 0.264. The van der Waals surface area contributed by atoms with E-state index < -0.39 is 27.2 Å². The molecule has 2 aliphatic rings. The van der Waals surface area contributed by atoms with Gasteiger partial charge in [0.15, 0.2) is 9.84 Å². The highest BCUT2D eigenvalue weighted by molar-refractivity contribution is 7.91. The number of rotatable bonds is 4. The maximum absolute atomic E-state index is 12.9. The summed E-state index contributed by atoms with van der Waals surface area (Å²) in [5.41, 5.74) is -1.24. The van der Waals surface area contributed by atoms with E-state index in [0.717, 1.165) is 5.82 Å². The van der Waals surface area contributed by atoms with E-state index in [4.69, 9.17) is 0 Å². The Morgan fingerprint density at radius 3 is 2.44 bits per heavy atom. The number of aromatic nitrogens is 1. The van der Waals surface area contributed by atoms with Crippen molar-refractivity contribution in [3.05, 3.63) is 24.4 Å². The predicted molar refractivity (Wildman–Crippen MR) is 102 cm³/mol. The van der Waals surface area contributed by atoms with Crippen molar-refractivity contribution in [2.24, 2.45) is 5.41 Å². The van der Waals surface area contributed by atoms with E-state index in [1.807, 2.05) is 18.2 Å². The molecule has 1 N–H and O–H groups in total. The highest BCUT2D eigenvalue weighted by Gasteiger charge is 2.42. The fourth-order valence-corrected chi connectivity index (χ4v) is 5.12. The summed E-state index contributed by atoms with van der Waals surface area (Å²) in [5, 5.41) is 2.74. The van der Waals surface area contributed by atoms with Crippen LogP contribution in [0.5, 0.6) is 0 Å². The fraction of sp³-hybridized carbons (Fsp3) is 0.611. The monoisotopic (exact) mass is 394 g/mol. The van der Waals surface area contributed by atoms with E-state index in [1.165, 1.54) is 0 Å². The molecule has 1 aromatic heterocycles.